The van der Waals surface area contributed by atoms with Gasteiger partial charge in [0.2, 0.25) is 5.91 Å². The number of halogens is 7. The number of nitrogens with zero attached hydrogens (tertiary/aromatic N) is 1. The standard InChI is InChI=1S/C15H12F7NO3/c1-12(7-26-13(16,14(17,18)19)15(20,21)22)9-6-4-3-5-8(9)10(24)23(2)11(12)25/h3-6H,7H2,1-2H3. The third-order valence-corrected chi connectivity index (χ3v) is 4.12. The van der Waals surface area contributed by atoms with Crippen LogP contribution in [0.5, 0.6) is 0 Å². The van der Waals surface area contributed by atoms with Crippen LogP contribution in [-0.2, 0) is 14.9 Å². The number of ether oxygens (including phenoxy) is 1. The topological polar surface area (TPSA) is 46.6 Å². The maximum Gasteiger partial charge on any atom is 0.458 e. The summed E-state index contributed by atoms with van der Waals surface area (Å²) in [6, 6.07) is 5.16. The molecule has 0 saturated carbocycles. The molecule has 1 aliphatic heterocycles. The van der Waals surface area contributed by atoms with Crippen LogP contribution >= 0.6 is 0 Å². The fourth-order valence-electron chi connectivity index (χ4n) is 2.62. The van der Waals surface area contributed by atoms with E-state index in [1.807, 2.05) is 0 Å². The molecule has 1 aromatic rings. The highest BCUT2D eigenvalue weighted by molar-refractivity contribution is 6.12. The summed E-state index contributed by atoms with van der Waals surface area (Å²) in [5.41, 5.74) is -2.39. The summed E-state index contributed by atoms with van der Waals surface area (Å²) in [7, 11) is 1.01. The summed E-state index contributed by atoms with van der Waals surface area (Å²) in [5.74, 6) is -7.87. The van der Waals surface area contributed by atoms with Gasteiger partial charge in [-0.15, -0.1) is 0 Å². The number of carbonyl (C=O) groups excluding carboxylic acids is 2. The number of rotatable bonds is 3. The molecule has 0 aliphatic carbocycles. The van der Waals surface area contributed by atoms with Gasteiger partial charge >= 0.3 is 18.2 Å². The molecule has 4 nitrogen and oxygen atoms in total. The average molecular weight is 387 g/mol. The van der Waals surface area contributed by atoms with Crippen molar-refractivity contribution in [1.82, 2.24) is 4.90 Å². The monoisotopic (exact) mass is 387 g/mol. The number of likely N-dealkylation sites (N-methyl/N-ethyl adjacent to an activating group) is 1. The van der Waals surface area contributed by atoms with Crippen LogP contribution in [0.4, 0.5) is 30.7 Å². The average Bonchev–Trinajstić information content (AvgIpc) is 2.54. The molecule has 144 valence electrons. The first-order valence-corrected chi connectivity index (χ1v) is 7.05. The maximum absolute atomic E-state index is 13.7. The summed E-state index contributed by atoms with van der Waals surface area (Å²) >= 11 is 0. The van der Waals surface area contributed by atoms with Crippen molar-refractivity contribution in [2.45, 2.75) is 30.5 Å². The van der Waals surface area contributed by atoms with Crippen molar-refractivity contribution in [2.75, 3.05) is 13.7 Å². The van der Waals surface area contributed by atoms with E-state index in [0.717, 1.165) is 14.0 Å². The van der Waals surface area contributed by atoms with Gasteiger partial charge < -0.3 is 4.74 Å². The van der Waals surface area contributed by atoms with Gasteiger partial charge in [0.25, 0.3) is 5.91 Å². The Morgan fingerprint density at radius 3 is 2.00 bits per heavy atom. The van der Waals surface area contributed by atoms with E-state index < -0.39 is 42.0 Å². The molecular formula is C15H12F7NO3. The number of amides is 2. The van der Waals surface area contributed by atoms with E-state index in [1.54, 1.807) is 0 Å². The fourth-order valence-corrected chi connectivity index (χ4v) is 2.62. The summed E-state index contributed by atoms with van der Waals surface area (Å²) in [5, 5.41) is 0. The fraction of sp³-hybridized carbons (Fsp3) is 0.467. The molecule has 1 unspecified atom stereocenters. The highest BCUT2D eigenvalue weighted by Gasteiger charge is 2.75. The summed E-state index contributed by atoms with van der Waals surface area (Å²) < 4.78 is 93.2. The number of benzene rings is 1. The molecule has 2 amide bonds. The minimum atomic E-state index is -6.42. The van der Waals surface area contributed by atoms with E-state index in [2.05, 4.69) is 4.74 Å². The molecule has 0 radical (unpaired) electrons. The quantitative estimate of drug-likeness (QED) is 0.590. The van der Waals surface area contributed by atoms with Crippen LogP contribution in [0.1, 0.15) is 22.8 Å². The van der Waals surface area contributed by atoms with Crippen molar-refractivity contribution >= 4 is 11.8 Å². The lowest BCUT2D eigenvalue weighted by Gasteiger charge is -2.39. The number of fused-ring (bicyclic) bond motifs is 1. The van der Waals surface area contributed by atoms with Crippen LogP contribution in [0.15, 0.2) is 24.3 Å². The molecule has 0 aromatic heterocycles. The predicted octanol–water partition coefficient (Wildman–Crippen LogP) is 3.36. The molecule has 1 heterocycles. The van der Waals surface area contributed by atoms with Crippen molar-refractivity contribution < 1.29 is 45.1 Å². The normalized spacial score (nSPS) is 21.8. The molecular weight excluding hydrogens is 375 g/mol. The minimum Gasteiger partial charge on any atom is -0.330 e. The molecule has 0 saturated heterocycles. The molecule has 1 atom stereocenters. The molecule has 0 N–H and O–H groups in total. The van der Waals surface area contributed by atoms with Gasteiger partial charge in [0.05, 0.1) is 12.0 Å². The Balaban J connectivity index is 2.49. The van der Waals surface area contributed by atoms with E-state index in [-0.39, 0.29) is 11.1 Å². The van der Waals surface area contributed by atoms with E-state index in [0.29, 0.717) is 4.90 Å². The van der Waals surface area contributed by atoms with Gasteiger partial charge in [-0.2, -0.15) is 30.7 Å². The predicted molar refractivity (Wildman–Crippen MR) is 72.8 cm³/mol. The first kappa shape index (κ1) is 20.1. The Morgan fingerprint density at radius 1 is 1.00 bits per heavy atom. The second kappa shape index (κ2) is 5.93. The summed E-state index contributed by atoms with van der Waals surface area (Å²) in [6.45, 7) is -0.611. The molecule has 26 heavy (non-hydrogen) atoms. The van der Waals surface area contributed by atoms with Crippen molar-refractivity contribution in [3.8, 4) is 0 Å². The number of imide groups is 1. The zero-order valence-corrected chi connectivity index (χ0v) is 13.3. The summed E-state index contributed by atoms with van der Waals surface area (Å²) in [6.07, 6.45) is -12.8. The van der Waals surface area contributed by atoms with Crippen LogP contribution in [0, 0.1) is 0 Å². The van der Waals surface area contributed by atoms with Gasteiger partial charge in [-0.1, -0.05) is 18.2 Å². The lowest BCUT2D eigenvalue weighted by molar-refractivity contribution is -0.431. The second-order valence-corrected chi connectivity index (χ2v) is 5.93. The Bertz CT molecular complexity index is 729. The first-order valence-electron chi connectivity index (χ1n) is 7.05. The zero-order valence-electron chi connectivity index (χ0n) is 13.3. The number of carbonyl (C=O) groups is 2. The highest BCUT2D eigenvalue weighted by atomic mass is 19.4. The molecule has 2 rings (SSSR count). The van der Waals surface area contributed by atoms with Crippen molar-refractivity contribution in [3.05, 3.63) is 35.4 Å². The van der Waals surface area contributed by atoms with Gasteiger partial charge in [0.15, 0.2) is 0 Å². The number of hydrogen-bond donors (Lipinski definition) is 0. The summed E-state index contributed by atoms with van der Waals surface area (Å²) in [4.78, 5) is 25.0. The van der Waals surface area contributed by atoms with E-state index >= 15 is 0 Å². The molecule has 11 heteroatoms. The van der Waals surface area contributed by atoms with Crippen LogP contribution in [0.25, 0.3) is 0 Å². The number of hydrogen-bond acceptors (Lipinski definition) is 3. The van der Waals surface area contributed by atoms with Gasteiger partial charge in [-0.25, -0.2) is 0 Å². The Labute approximate surface area is 142 Å². The molecule has 0 fully saturated rings. The zero-order chi connectivity index (χ0) is 20.1. The van der Waals surface area contributed by atoms with E-state index in [4.69, 9.17) is 0 Å². The Hall–Kier alpha value is -2.17. The van der Waals surface area contributed by atoms with Crippen LogP contribution in [0.2, 0.25) is 0 Å². The van der Waals surface area contributed by atoms with Gasteiger partial charge in [0, 0.05) is 12.6 Å². The van der Waals surface area contributed by atoms with Crippen LogP contribution in [0.3, 0.4) is 0 Å². The van der Waals surface area contributed by atoms with E-state index in [1.165, 1.54) is 24.3 Å². The smallest absolute Gasteiger partial charge is 0.330 e. The third-order valence-electron chi connectivity index (χ3n) is 4.12. The van der Waals surface area contributed by atoms with Crippen molar-refractivity contribution in [2.24, 2.45) is 0 Å². The Kier molecular flexibility index (Phi) is 4.60. The molecule has 1 aromatic carbocycles. The van der Waals surface area contributed by atoms with Gasteiger partial charge in [0.1, 0.15) is 0 Å². The van der Waals surface area contributed by atoms with Crippen LogP contribution in [-0.4, -0.2) is 48.6 Å². The number of alkyl halides is 7. The first-order chi connectivity index (χ1) is 11.7. The molecule has 0 spiro atoms. The molecule has 0 bridgehead atoms. The third kappa shape index (κ3) is 2.83. The van der Waals surface area contributed by atoms with Crippen molar-refractivity contribution in [3.63, 3.8) is 0 Å². The van der Waals surface area contributed by atoms with Gasteiger partial charge in [-0.3, -0.25) is 14.5 Å². The van der Waals surface area contributed by atoms with Gasteiger partial charge in [-0.05, 0) is 18.6 Å². The largest absolute Gasteiger partial charge is 0.458 e. The minimum absolute atomic E-state index is 0.107. The van der Waals surface area contributed by atoms with Crippen LogP contribution < -0.4 is 0 Å². The lowest BCUT2D eigenvalue weighted by atomic mass is 9.76. The van der Waals surface area contributed by atoms with E-state index in [9.17, 15) is 40.3 Å². The Morgan fingerprint density at radius 2 is 1.50 bits per heavy atom. The maximum atomic E-state index is 13.7. The SMILES string of the molecule is CN1C(=O)c2ccccc2C(C)(COC(F)(C(F)(F)F)C(F)(F)F)C1=O. The highest BCUT2D eigenvalue weighted by Crippen LogP contribution is 2.48. The molecule has 1 aliphatic rings. The van der Waals surface area contributed by atoms with Crippen molar-refractivity contribution in [1.29, 1.82) is 0 Å². The second-order valence-electron chi connectivity index (χ2n) is 5.93. The lowest BCUT2D eigenvalue weighted by Crippen LogP contribution is -2.59.